The number of hydrogen-bond donors (Lipinski definition) is 1. The van der Waals surface area contributed by atoms with Crippen molar-refractivity contribution in [3.63, 3.8) is 0 Å². The molecule has 0 radical (unpaired) electrons. The van der Waals surface area contributed by atoms with Gasteiger partial charge in [0, 0.05) is 12.5 Å². The molecule has 1 aromatic heterocycles. The molecule has 1 atom stereocenters. The monoisotopic (exact) mass is 302 g/mol. The number of benzene rings is 1. The highest BCUT2D eigenvalue weighted by Gasteiger charge is 2.28. The fraction of sp³-hybridized carbons (Fsp3) is 0.375. The molecule has 3 rings (SSSR count). The van der Waals surface area contributed by atoms with Gasteiger partial charge < -0.3 is 19.3 Å². The zero-order valence-corrected chi connectivity index (χ0v) is 12.4. The second-order valence-electron chi connectivity index (χ2n) is 5.12. The van der Waals surface area contributed by atoms with Gasteiger partial charge in [0.2, 0.25) is 6.79 Å². The number of esters is 1. The van der Waals surface area contributed by atoms with Crippen molar-refractivity contribution in [1.29, 1.82) is 0 Å². The Hall–Kier alpha value is -2.34. The normalized spacial score (nSPS) is 16.9. The first-order valence-corrected chi connectivity index (χ1v) is 7.30. The SMILES string of the molecule is CN[C@H]1CCCc2onc(OCOC(=O)c3ccccc3)c21. The van der Waals surface area contributed by atoms with E-state index in [1.807, 2.05) is 13.1 Å². The number of carbonyl (C=O) groups is 1. The van der Waals surface area contributed by atoms with E-state index in [-0.39, 0.29) is 12.8 Å². The van der Waals surface area contributed by atoms with Gasteiger partial charge in [-0.2, -0.15) is 0 Å². The number of nitrogens with zero attached hydrogens (tertiary/aromatic N) is 1. The molecule has 1 N–H and O–H groups in total. The van der Waals surface area contributed by atoms with Crippen LogP contribution in [0.4, 0.5) is 0 Å². The maximum absolute atomic E-state index is 11.8. The molecule has 6 heteroatoms. The summed E-state index contributed by atoms with van der Waals surface area (Å²) in [6.45, 7) is -0.191. The smallest absolute Gasteiger partial charge is 0.340 e. The predicted octanol–water partition coefficient (Wildman–Crippen LogP) is 2.46. The van der Waals surface area contributed by atoms with E-state index >= 15 is 0 Å². The van der Waals surface area contributed by atoms with E-state index in [1.54, 1.807) is 24.3 Å². The third kappa shape index (κ3) is 2.96. The van der Waals surface area contributed by atoms with E-state index in [9.17, 15) is 4.79 Å². The van der Waals surface area contributed by atoms with Crippen molar-refractivity contribution in [2.75, 3.05) is 13.8 Å². The minimum Gasteiger partial charge on any atom is -0.437 e. The number of ether oxygens (including phenoxy) is 2. The predicted molar refractivity (Wildman–Crippen MR) is 78.6 cm³/mol. The number of fused-ring (bicyclic) bond motifs is 1. The molecule has 0 unspecified atom stereocenters. The summed E-state index contributed by atoms with van der Waals surface area (Å²) in [5, 5.41) is 7.16. The molecule has 22 heavy (non-hydrogen) atoms. The average Bonchev–Trinajstić information content (AvgIpc) is 2.99. The Balaban J connectivity index is 1.61. The van der Waals surface area contributed by atoms with Gasteiger partial charge in [0.15, 0.2) is 0 Å². The number of carbonyl (C=O) groups excluding carboxylic acids is 1. The number of nitrogens with one attached hydrogen (secondary N) is 1. The molecule has 0 saturated carbocycles. The quantitative estimate of drug-likeness (QED) is 0.675. The van der Waals surface area contributed by atoms with Gasteiger partial charge in [0.1, 0.15) is 5.76 Å². The summed E-state index contributed by atoms with van der Waals surface area (Å²) in [7, 11) is 1.89. The van der Waals surface area contributed by atoms with Crippen molar-refractivity contribution >= 4 is 5.97 Å². The summed E-state index contributed by atoms with van der Waals surface area (Å²) in [4.78, 5) is 11.8. The van der Waals surface area contributed by atoms with Crippen molar-refractivity contribution in [2.45, 2.75) is 25.3 Å². The van der Waals surface area contributed by atoms with E-state index in [0.717, 1.165) is 30.6 Å². The largest absolute Gasteiger partial charge is 0.437 e. The van der Waals surface area contributed by atoms with Crippen LogP contribution in [0.1, 0.15) is 40.6 Å². The lowest BCUT2D eigenvalue weighted by Crippen LogP contribution is -2.21. The van der Waals surface area contributed by atoms with Crippen LogP contribution in [0.5, 0.6) is 5.88 Å². The average molecular weight is 302 g/mol. The molecule has 0 aliphatic heterocycles. The summed E-state index contributed by atoms with van der Waals surface area (Å²) in [5.41, 5.74) is 1.42. The van der Waals surface area contributed by atoms with E-state index in [4.69, 9.17) is 14.0 Å². The standard InChI is InChI=1S/C16H18N2O4/c1-17-12-8-5-9-13-14(12)15(18-22-13)20-10-21-16(19)11-6-3-2-4-7-11/h2-4,6-7,12,17H,5,8-10H2,1H3/t12-/m0/s1. The Morgan fingerprint density at radius 2 is 2.23 bits per heavy atom. The Bertz CT molecular complexity index is 639. The van der Waals surface area contributed by atoms with Crippen LogP contribution in [0.3, 0.4) is 0 Å². The molecule has 1 aliphatic rings. The second-order valence-corrected chi connectivity index (χ2v) is 5.12. The molecule has 0 bridgehead atoms. The summed E-state index contributed by atoms with van der Waals surface area (Å²) in [6, 6.07) is 8.95. The zero-order valence-electron chi connectivity index (χ0n) is 12.4. The molecule has 0 saturated heterocycles. The van der Waals surface area contributed by atoms with Crippen LogP contribution in [0.25, 0.3) is 0 Å². The van der Waals surface area contributed by atoms with Crippen LogP contribution in [0.2, 0.25) is 0 Å². The molecule has 1 heterocycles. The van der Waals surface area contributed by atoms with Gasteiger partial charge in [-0.15, -0.1) is 0 Å². The third-order valence-electron chi connectivity index (χ3n) is 3.76. The molecule has 0 amide bonds. The van der Waals surface area contributed by atoms with E-state index in [1.165, 1.54) is 0 Å². The molecule has 6 nitrogen and oxygen atoms in total. The number of aromatic nitrogens is 1. The Labute approximate surface area is 128 Å². The minimum atomic E-state index is -0.428. The van der Waals surface area contributed by atoms with Gasteiger partial charge in [0.05, 0.1) is 11.1 Å². The zero-order chi connectivity index (χ0) is 15.4. The Morgan fingerprint density at radius 3 is 3.00 bits per heavy atom. The highest BCUT2D eigenvalue weighted by atomic mass is 16.7. The highest BCUT2D eigenvalue weighted by Crippen LogP contribution is 2.35. The first-order valence-electron chi connectivity index (χ1n) is 7.30. The fourth-order valence-electron chi connectivity index (χ4n) is 2.64. The fourth-order valence-corrected chi connectivity index (χ4v) is 2.64. The lowest BCUT2D eigenvalue weighted by atomic mass is 9.93. The maximum Gasteiger partial charge on any atom is 0.340 e. The second kappa shape index (κ2) is 6.62. The molecule has 1 aliphatic carbocycles. The Kier molecular flexibility index (Phi) is 4.39. The molecule has 1 aromatic carbocycles. The maximum atomic E-state index is 11.8. The number of hydrogen-bond acceptors (Lipinski definition) is 6. The first kappa shape index (κ1) is 14.6. The van der Waals surface area contributed by atoms with E-state index < -0.39 is 5.97 Å². The van der Waals surface area contributed by atoms with Crippen molar-refractivity contribution < 1.29 is 18.8 Å². The van der Waals surface area contributed by atoms with Gasteiger partial charge >= 0.3 is 5.97 Å². The lowest BCUT2D eigenvalue weighted by molar-refractivity contribution is 0.0128. The molecular weight excluding hydrogens is 284 g/mol. The summed E-state index contributed by atoms with van der Waals surface area (Å²) < 4.78 is 15.9. The molecule has 2 aromatic rings. The van der Waals surface area contributed by atoms with Crippen LogP contribution in [0, 0.1) is 0 Å². The summed E-state index contributed by atoms with van der Waals surface area (Å²) >= 11 is 0. The van der Waals surface area contributed by atoms with Crippen molar-refractivity contribution in [3.05, 3.63) is 47.2 Å². The number of rotatable bonds is 5. The van der Waals surface area contributed by atoms with Crippen LogP contribution < -0.4 is 10.1 Å². The Morgan fingerprint density at radius 1 is 1.41 bits per heavy atom. The van der Waals surface area contributed by atoms with Crippen LogP contribution >= 0.6 is 0 Å². The van der Waals surface area contributed by atoms with Gasteiger partial charge in [-0.05, 0) is 37.2 Å². The lowest BCUT2D eigenvalue weighted by Gasteiger charge is -2.20. The van der Waals surface area contributed by atoms with E-state index in [0.29, 0.717) is 11.4 Å². The van der Waals surface area contributed by atoms with Crippen LogP contribution in [0.15, 0.2) is 34.9 Å². The third-order valence-corrected chi connectivity index (χ3v) is 3.76. The summed E-state index contributed by atoms with van der Waals surface area (Å²) in [6.07, 6.45) is 2.91. The number of aryl methyl sites for hydroxylation is 1. The van der Waals surface area contributed by atoms with Crippen molar-refractivity contribution in [2.24, 2.45) is 0 Å². The molecule has 0 spiro atoms. The topological polar surface area (TPSA) is 73.6 Å². The van der Waals surface area contributed by atoms with Crippen LogP contribution in [-0.2, 0) is 11.2 Å². The van der Waals surface area contributed by atoms with Crippen molar-refractivity contribution in [3.8, 4) is 5.88 Å². The van der Waals surface area contributed by atoms with Crippen LogP contribution in [-0.4, -0.2) is 25.0 Å². The minimum absolute atomic E-state index is 0.162. The molecular formula is C16H18N2O4. The first-order chi connectivity index (χ1) is 10.8. The van der Waals surface area contributed by atoms with Gasteiger partial charge in [-0.3, -0.25) is 0 Å². The van der Waals surface area contributed by atoms with Gasteiger partial charge in [-0.1, -0.05) is 18.2 Å². The highest BCUT2D eigenvalue weighted by molar-refractivity contribution is 5.89. The van der Waals surface area contributed by atoms with Gasteiger partial charge in [-0.25, -0.2) is 4.79 Å². The van der Waals surface area contributed by atoms with Crippen molar-refractivity contribution in [1.82, 2.24) is 10.5 Å². The molecule has 0 fully saturated rings. The van der Waals surface area contributed by atoms with Gasteiger partial charge in [0.25, 0.3) is 5.88 Å². The summed E-state index contributed by atoms with van der Waals surface area (Å²) in [5.74, 6) is 0.813. The molecule has 116 valence electrons. The van der Waals surface area contributed by atoms with E-state index in [2.05, 4.69) is 10.5 Å².